The number of methoxy groups -OCH3 is 1. The second-order valence-electron chi connectivity index (χ2n) is 7.52. The second-order valence-corrected chi connectivity index (χ2v) is 11.0. The molecule has 1 aromatic heterocycles. The fraction of sp³-hybridized carbons (Fsp3) is 0.148. The Morgan fingerprint density at radius 1 is 0.710 bits per heavy atom. The van der Waals surface area contributed by atoms with Gasteiger partial charge in [-0.1, -0.05) is 54.6 Å². The normalized spacial score (nSPS) is 10.9. The molecule has 0 aliphatic rings. The van der Waals surface area contributed by atoms with Crippen molar-refractivity contribution in [1.29, 1.82) is 0 Å². The Morgan fingerprint density at radius 3 is 1.52 bits per heavy atom. The summed E-state index contributed by atoms with van der Waals surface area (Å²) in [5, 5.41) is 4.09. The van der Waals surface area contributed by atoms with Gasteiger partial charge in [0.2, 0.25) is 0 Å². The summed E-state index contributed by atoms with van der Waals surface area (Å²) in [6, 6.07) is 32.8. The average molecular weight is 448 g/mol. The molecule has 0 saturated carbocycles. The van der Waals surface area contributed by atoms with E-state index in [-0.39, 0.29) is 12.4 Å². The molecule has 0 unspecified atom stereocenters. The minimum Gasteiger partial charge on any atom is -1.00 e. The van der Waals surface area contributed by atoms with E-state index < -0.39 is 7.26 Å². The van der Waals surface area contributed by atoms with Crippen LogP contribution in [-0.4, -0.2) is 12.1 Å². The highest BCUT2D eigenvalue weighted by atomic mass is 35.5. The molecule has 0 spiro atoms. The summed E-state index contributed by atoms with van der Waals surface area (Å²) in [5.74, 6) is 0.937. The molecule has 3 aromatic carbocycles. The molecule has 0 saturated heterocycles. The Morgan fingerprint density at radius 2 is 1.13 bits per heavy atom. The lowest BCUT2D eigenvalue weighted by atomic mass is 10.1. The van der Waals surface area contributed by atoms with Crippen LogP contribution in [0, 0.1) is 13.8 Å². The fourth-order valence-corrected chi connectivity index (χ4v) is 8.48. The van der Waals surface area contributed by atoms with E-state index in [9.17, 15) is 0 Å². The molecule has 0 bridgehead atoms. The van der Waals surface area contributed by atoms with Gasteiger partial charge in [-0.3, -0.25) is 4.98 Å². The highest BCUT2D eigenvalue weighted by Gasteiger charge is 2.46. The minimum absolute atomic E-state index is 0. The highest BCUT2D eigenvalue weighted by Crippen LogP contribution is 2.58. The van der Waals surface area contributed by atoms with Crippen molar-refractivity contribution in [2.45, 2.75) is 20.0 Å². The molecule has 0 fully saturated rings. The van der Waals surface area contributed by atoms with Gasteiger partial charge in [-0.15, -0.1) is 0 Å². The van der Waals surface area contributed by atoms with E-state index in [0.29, 0.717) is 0 Å². The molecular weight excluding hydrogens is 421 g/mol. The van der Waals surface area contributed by atoms with Crippen LogP contribution in [0.2, 0.25) is 0 Å². The summed E-state index contributed by atoms with van der Waals surface area (Å²) < 4.78 is 5.72. The third-order valence-electron chi connectivity index (χ3n) is 5.73. The first-order valence-electron chi connectivity index (χ1n) is 10.2. The topological polar surface area (TPSA) is 22.1 Å². The average Bonchev–Trinajstić information content (AvgIpc) is 2.81. The molecule has 158 valence electrons. The molecule has 0 amide bonds. The van der Waals surface area contributed by atoms with Gasteiger partial charge in [0.1, 0.15) is 35.1 Å². The molecule has 4 heteroatoms. The number of pyridine rings is 1. The van der Waals surface area contributed by atoms with Gasteiger partial charge in [0.25, 0.3) is 0 Å². The molecule has 0 atom stereocenters. The molecule has 2 nitrogen and oxygen atoms in total. The van der Waals surface area contributed by atoms with E-state index in [2.05, 4.69) is 105 Å². The standard InChI is InChI=1S/C27H27NOP.ClH/c1-21-19-28-26(22(2)27(21)29-3)20-30(23-13-7-4-8-14-23,24-15-9-5-10-16-24)25-17-11-6-12-18-25;/h4-19H,20H2,1-3H3;1H/q+1;/p-1. The van der Waals surface area contributed by atoms with Gasteiger partial charge < -0.3 is 17.1 Å². The van der Waals surface area contributed by atoms with Gasteiger partial charge >= 0.3 is 0 Å². The zero-order chi connectivity index (χ0) is 21.0. The Hall–Kier alpha value is -2.67. The number of hydrogen-bond acceptors (Lipinski definition) is 2. The summed E-state index contributed by atoms with van der Waals surface area (Å²) in [6.07, 6.45) is 2.80. The third-order valence-corrected chi connectivity index (χ3v) is 10.0. The number of rotatable bonds is 6. The summed E-state index contributed by atoms with van der Waals surface area (Å²) >= 11 is 0. The second kappa shape index (κ2) is 10.1. The maximum absolute atomic E-state index is 5.72. The van der Waals surface area contributed by atoms with E-state index in [1.165, 1.54) is 15.9 Å². The van der Waals surface area contributed by atoms with Gasteiger partial charge in [-0.2, -0.15) is 0 Å². The number of aryl methyl sites for hydroxylation is 1. The van der Waals surface area contributed by atoms with Gasteiger partial charge in [0.05, 0.1) is 12.8 Å². The van der Waals surface area contributed by atoms with Crippen molar-refractivity contribution in [3.8, 4) is 5.75 Å². The number of aromatic nitrogens is 1. The molecule has 4 rings (SSSR count). The SMILES string of the molecule is COc1c(C)cnc(C[P+](c2ccccc2)(c2ccccc2)c2ccccc2)c1C.[Cl-]. The predicted octanol–water partition coefficient (Wildman–Crippen LogP) is 2.21. The van der Waals surface area contributed by atoms with Crippen LogP contribution in [0.3, 0.4) is 0 Å². The van der Waals surface area contributed by atoms with E-state index in [1.807, 2.05) is 6.20 Å². The predicted molar refractivity (Wildman–Crippen MR) is 129 cm³/mol. The summed E-state index contributed by atoms with van der Waals surface area (Å²) in [7, 11) is -0.222. The van der Waals surface area contributed by atoms with Gasteiger partial charge in [0, 0.05) is 17.3 Å². The maximum atomic E-state index is 5.72. The van der Waals surface area contributed by atoms with Crippen molar-refractivity contribution >= 4 is 23.2 Å². The Labute approximate surface area is 192 Å². The number of benzene rings is 3. The van der Waals surface area contributed by atoms with E-state index in [1.54, 1.807) is 7.11 Å². The van der Waals surface area contributed by atoms with Crippen molar-refractivity contribution in [3.63, 3.8) is 0 Å². The summed E-state index contributed by atoms with van der Waals surface area (Å²) in [5.41, 5.74) is 3.30. The van der Waals surface area contributed by atoms with E-state index in [4.69, 9.17) is 9.72 Å². The zero-order valence-corrected chi connectivity index (χ0v) is 19.8. The molecule has 0 N–H and O–H groups in total. The van der Waals surface area contributed by atoms with Gasteiger partial charge in [-0.25, -0.2) is 0 Å². The largest absolute Gasteiger partial charge is 1.00 e. The maximum Gasteiger partial charge on any atom is 0.128 e. The monoisotopic (exact) mass is 447 g/mol. The third kappa shape index (κ3) is 4.37. The van der Waals surface area contributed by atoms with Gasteiger partial charge in [-0.05, 0) is 50.2 Å². The summed E-state index contributed by atoms with van der Waals surface area (Å²) in [4.78, 5) is 4.90. The van der Waals surface area contributed by atoms with Crippen LogP contribution < -0.4 is 33.1 Å². The Bertz CT molecular complexity index is 1020. The van der Waals surface area contributed by atoms with Crippen LogP contribution >= 0.6 is 7.26 Å². The first-order valence-corrected chi connectivity index (χ1v) is 12.2. The number of nitrogens with zero attached hydrogens (tertiary/aromatic N) is 1. The van der Waals surface area contributed by atoms with Crippen LogP contribution in [0.4, 0.5) is 0 Å². The Balaban J connectivity index is 0.00000272. The van der Waals surface area contributed by atoms with Gasteiger partial charge in [0.15, 0.2) is 0 Å². The molecule has 1 heterocycles. The molecule has 0 aliphatic heterocycles. The zero-order valence-electron chi connectivity index (χ0n) is 18.1. The van der Waals surface area contributed by atoms with Crippen LogP contribution in [0.1, 0.15) is 16.8 Å². The minimum atomic E-state index is -1.97. The lowest BCUT2D eigenvalue weighted by Crippen LogP contribution is -3.00. The fourth-order valence-electron chi connectivity index (χ4n) is 4.22. The van der Waals surface area contributed by atoms with Crippen molar-refractivity contribution in [3.05, 3.63) is 114 Å². The Kier molecular flexibility index (Phi) is 7.49. The molecule has 0 aliphatic carbocycles. The first-order chi connectivity index (χ1) is 14.7. The highest BCUT2D eigenvalue weighted by molar-refractivity contribution is 7.95. The van der Waals surface area contributed by atoms with Crippen LogP contribution in [0.25, 0.3) is 0 Å². The van der Waals surface area contributed by atoms with Crippen molar-refractivity contribution in [1.82, 2.24) is 4.98 Å². The van der Waals surface area contributed by atoms with Crippen molar-refractivity contribution < 1.29 is 17.1 Å². The first kappa shape index (κ1) is 23.0. The van der Waals surface area contributed by atoms with Crippen LogP contribution in [0.5, 0.6) is 5.75 Å². The molecular formula is C27H27ClNOP. The lowest BCUT2D eigenvalue weighted by Gasteiger charge is -2.28. The van der Waals surface area contributed by atoms with Crippen LogP contribution in [-0.2, 0) is 6.16 Å². The molecule has 0 radical (unpaired) electrons. The molecule has 31 heavy (non-hydrogen) atoms. The number of ether oxygens (including phenoxy) is 1. The lowest BCUT2D eigenvalue weighted by molar-refractivity contribution is -0.00000635. The van der Waals surface area contributed by atoms with Crippen LogP contribution in [0.15, 0.2) is 97.2 Å². The smallest absolute Gasteiger partial charge is 0.128 e. The van der Waals surface area contributed by atoms with E-state index >= 15 is 0 Å². The summed E-state index contributed by atoms with van der Waals surface area (Å²) in [6.45, 7) is 4.18. The number of hydrogen-bond donors (Lipinski definition) is 0. The van der Waals surface area contributed by atoms with E-state index in [0.717, 1.165) is 28.7 Å². The van der Waals surface area contributed by atoms with Crippen molar-refractivity contribution in [2.75, 3.05) is 7.11 Å². The number of halogens is 1. The molecule has 4 aromatic rings. The quantitative estimate of drug-likeness (QED) is 0.423. The van der Waals surface area contributed by atoms with Crippen molar-refractivity contribution in [2.24, 2.45) is 0 Å².